The van der Waals surface area contributed by atoms with Crippen molar-refractivity contribution in [3.63, 3.8) is 0 Å². The molecule has 6 heteroatoms. The molecule has 25 heavy (non-hydrogen) atoms. The number of H-pyrrole nitrogens is 1. The molecule has 1 aromatic heterocycles. The zero-order valence-corrected chi connectivity index (χ0v) is 13.5. The van der Waals surface area contributed by atoms with Gasteiger partial charge in [-0.1, -0.05) is 24.3 Å². The van der Waals surface area contributed by atoms with Crippen LogP contribution in [0, 0.1) is 0 Å². The molecule has 132 valence electrons. The van der Waals surface area contributed by atoms with Crippen LogP contribution in [-0.4, -0.2) is 29.4 Å². The van der Waals surface area contributed by atoms with Crippen molar-refractivity contribution in [2.24, 2.45) is 0 Å². The summed E-state index contributed by atoms with van der Waals surface area (Å²) in [5.74, 6) is 0.220. The first-order chi connectivity index (χ1) is 11.9. The van der Waals surface area contributed by atoms with Crippen LogP contribution in [0.5, 0.6) is 5.75 Å². The van der Waals surface area contributed by atoms with E-state index in [0.717, 1.165) is 27.6 Å². The molecule has 3 N–H and O–H groups in total. The van der Waals surface area contributed by atoms with Crippen molar-refractivity contribution in [2.45, 2.75) is 19.0 Å². The molecule has 2 aromatic carbocycles. The number of aromatic nitrogens is 1. The van der Waals surface area contributed by atoms with Gasteiger partial charge in [0, 0.05) is 29.1 Å². The first kappa shape index (κ1) is 17.4. The molecule has 1 heterocycles. The number of aromatic amines is 1. The molecule has 0 amide bonds. The maximum atomic E-state index is 12.2. The topological polar surface area (TPSA) is 48.0 Å². The molecule has 0 aliphatic rings. The van der Waals surface area contributed by atoms with Gasteiger partial charge in [-0.05, 0) is 42.3 Å². The SMILES string of the molecule is Oc1ccc2[nH]ccc2c1Cc1ccccc1CCNCC(F)(F)F. The Morgan fingerprint density at radius 2 is 1.76 bits per heavy atom. The van der Waals surface area contributed by atoms with E-state index in [2.05, 4.69) is 10.3 Å². The van der Waals surface area contributed by atoms with Gasteiger partial charge in [-0.25, -0.2) is 0 Å². The maximum Gasteiger partial charge on any atom is 0.401 e. The van der Waals surface area contributed by atoms with E-state index in [9.17, 15) is 18.3 Å². The van der Waals surface area contributed by atoms with Gasteiger partial charge in [0.2, 0.25) is 0 Å². The smallest absolute Gasteiger partial charge is 0.401 e. The van der Waals surface area contributed by atoms with Gasteiger partial charge in [0.15, 0.2) is 0 Å². The maximum absolute atomic E-state index is 12.2. The summed E-state index contributed by atoms with van der Waals surface area (Å²) in [6.07, 6.45) is -1.36. The van der Waals surface area contributed by atoms with E-state index in [1.54, 1.807) is 6.07 Å². The second kappa shape index (κ2) is 7.19. The van der Waals surface area contributed by atoms with Crippen LogP contribution in [0.15, 0.2) is 48.7 Å². The van der Waals surface area contributed by atoms with Crippen molar-refractivity contribution in [1.82, 2.24) is 10.3 Å². The normalized spacial score (nSPS) is 12.0. The highest BCUT2D eigenvalue weighted by Gasteiger charge is 2.25. The molecule has 0 unspecified atom stereocenters. The molecule has 0 aliphatic carbocycles. The lowest BCUT2D eigenvalue weighted by atomic mass is 9.95. The van der Waals surface area contributed by atoms with E-state index in [0.29, 0.717) is 12.8 Å². The third-order valence-corrected chi connectivity index (χ3v) is 4.20. The highest BCUT2D eigenvalue weighted by molar-refractivity contribution is 5.85. The van der Waals surface area contributed by atoms with E-state index in [1.807, 2.05) is 42.6 Å². The summed E-state index contributed by atoms with van der Waals surface area (Å²) in [4.78, 5) is 3.12. The largest absolute Gasteiger partial charge is 0.508 e. The van der Waals surface area contributed by atoms with Crippen molar-refractivity contribution in [3.05, 3.63) is 65.4 Å². The second-order valence-corrected chi connectivity index (χ2v) is 5.99. The van der Waals surface area contributed by atoms with Crippen LogP contribution in [0.25, 0.3) is 10.9 Å². The number of rotatable bonds is 6. The lowest BCUT2D eigenvalue weighted by molar-refractivity contribution is -0.124. The number of halogens is 3. The summed E-state index contributed by atoms with van der Waals surface area (Å²) in [5, 5.41) is 13.6. The fraction of sp³-hybridized carbons (Fsp3) is 0.263. The first-order valence-corrected chi connectivity index (χ1v) is 8.06. The van der Waals surface area contributed by atoms with Crippen LogP contribution in [0.2, 0.25) is 0 Å². The number of alkyl halides is 3. The number of hydrogen-bond acceptors (Lipinski definition) is 2. The molecule has 0 radical (unpaired) electrons. The molecule has 0 saturated carbocycles. The zero-order valence-electron chi connectivity index (χ0n) is 13.5. The third-order valence-electron chi connectivity index (χ3n) is 4.20. The summed E-state index contributed by atoms with van der Waals surface area (Å²) in [5.41, 5.74) is 3.73. The Kier molecular flexibility index (Phi) is 4.99. The Morgan fingerprint density at radius 1 is 1.00 bits per heavy atom. The number of phenolic OH excluding ortho intramolecular Hbond substituents is 1. The first-order valence-electron chi connectivity index (χ1n) is 8.06. The van der Waals surface area contributed by atoms with Crippen LogP contribution < -0.4 is 5.32 Å². The second-order valence-electron chi connectivity index (χ2n) is 5.99. The highest BCUT2D eigenvalue weighted by Crippen LogP contribution is 2.29. The molecule has 3 rings (SSSR count). The van der Waals surface area contributed by atoms with Crippen LogP contribution in [-0.2, 0) is 12.8 Å². The summed E-state index contributed by atoms with van der Waals surface area (Å²) in [6, 6.07) is 13.0. The Balaban J connectivity index is 1.77. The average molecular weight is 348 g/mol. The standard InChI is InChI=1S/C19H19F3N2O/c20-19(21,22)12-23-9-7-13-3-1-2-4-14(13)11-16-15-8-10-24-17(15)5-6-18(16)25/h1-6,8,10,23-25H,7,9,11-12H2. The minimum atomic E-state index is -4.20. The number of aromatic hydroxyl groups is 1. The van der Waals surface area contributed by atoms with E-state index in [1.165, 1.54) is 0 Å². The Morgan fingerprint density at radius 3 is 2.52 bits per heavy atom. The molecule has 0 aliphatic heterocycles. The number of benzene rings is 2. The van der Waals surface area contributed by atoms with Gasteiger partial charge in [0.05, 0.1) is 6.54 Å². The van der Waals surface area contributed by atoms with Crippen molar-refractivity contribution in [3.8, 4) is 5.75 Å². The van der Waals surface area contributed by atoms with Gasteiger partial charge in [-0.2, -0.15) is 13.2 Å². The van der Waals surface area contributed by atoms with Gasteiger partial charge in [-0.15, -0.1) is 0 Å². The minimum absolute atomic E-state index is 0.220. The molecule has 0 bridgehead atoms. The zero-order chi connectivity index (χ0) is 17.9. The van der Waals surface area contributed by atoms with Crippen LogP contribution >= 0.6 is 0 Å². The van der Waals surface area contributed by atoms with Crippen molar-refractivity contribution < 1.29 is 18.3 Å². The fourth-order valence-electron chi connectivity index (χ4n) is 2.99. The Bertz CT molecular complexity index is 855. The van der Waals surface area contributed by atoms with Gasteiger partial charge in [0.25, 0.3) is 0 Å². The van der Waals surface area contributed by atoms with E-state index in [-0.39, 0.29) is 12.3 Å². The molecule has 0 fully saturated rings. The number of fused-ring (bicyclic) bond motifs is 1. The predicted molar refractivity (Wildman–Crippen MR) is 91.8 cm³/mol. The summed E-state index contributed by atoms with van der Waals surface area (Å²) in [7, 11) is 0. The van der Waals surface area contributed by atoms with Crippen LogP contribution in [0.4, 0.5) is 13.2 Å². The number of phenols is 1. The average Bonchev–Trinajstić information content (AvgIpc) is 3.03. The van der Waals surface area contributed by atoms with Gasteiger partial charge in [0.1, 0.15) is 5.75 Å². The van der Waals surface area contributed by atoms with Gasteiger partial charge < -0.3 is 15.4 Å². The summed E-state index contributed by atoms with van der Waals surface area (Å²) in [6.45, 7) is -0.741. The van der Waals surface area contributed by atoms with Crippen LogP contribution in [0.1, 0.15) is 16.7 Å². The fourth-order valence-corrected chi connectivity index (χ4v) is 2.99. The number of hydrogen-bond donors (Lipinski definition) is 3. The Labute approximate surface area is 143 Å². The van der Waals surface area contributed by atoms with Crippen molar-refractivity contribution >= 4 is 10.9 Å². The van der Waals surface area contributed by atoms with Gasteiger partial charge >= 0.3 is 6.18 Å². The molecular formula is C19H19F3N2O. The highest BCUT2D eigenvalue weighted by atomic mass is 19.4. The van der Waals surface area contributed by atoms with Crippen molar-refractivity contribution in [2.75, 3.05) is 13.1 Å². The van der Waals surface area contributed by atoms with Crippen molar-refractivity contribution in [1.29, 1.82) is 0 Å². The van der Waals surface area contributed by atoms with E-state index >= 15 is 0 Å². The lowest BCUT2D eigenvalue weighted by Crippen LogP contribution is -2.30. The van der Waals surface area contributed by atoms with Crippen LogP contribution in [0.3, 0.4) is 0 Å². The monoisotopic (exact) mass is 348 g/mol. The predicted octanol–water partition coefficient (Wildman–Crippen LogP) is 4.16. The lowest BCUT2D eigenvalue weighted by Gasteiger charge is -2.13. The third kappa shape index (κ3) is 4.33. The molecule has 0 spiro atoms. The summed E-state index contributed by atoms with van der Waals surface area (Å²) >= 11 is 0. The molecule has 3 aromatic rings. The minimum Gasteiger partial charge on any atom is -0.508 e. The Hall–Kier alpha value is -2.47. The van der Waals surface area contributed by atoms with Gasteiger partial charge in [-0.3, -0.25) is 0 Å². The molecule has 3 nitrogen and oxygen atoms in total. The quantitative estimate of drug-likeness (QED) is 0.586. The molecule has 0 atom stereocenters. The molecular weight excluding hydrogens is 329 g/mol. The molecule has 0 saturated heterocycles. The van der Waals surface area contributed by atoms with E-state index in [4.69, 9.17) is 0 Å². The number of nitrogens with one attached hydrogen (secondary N) is 2. The van der Waals surface area contributed by atoms with E-state index < -0.39 is 12.7 Å². The summed E-state index contributed by atoms with van der Waals surface area (Å²) < 4.78 is 36.7.